The van der Waals surface area contributed by atoms with Crippen LogP contribution in [0, 0.1) is 0 Å². The molecular formula is C12H11NO4. The van der Waals surface area contributed by atoms with E-state index in [9.17, 15) is 9.59 Å². The number of ether oxygens (including phenoxy) is 1. The van der Waals surface area contributed by atoms with E-state index < -0.39 is 5.97 Å². The van der Waals surface area contributed by atoms with Crippen LogP contribution in [0.3, 0.4) is 0 Å². The quantitative estimate of drug-likeness (QED) is 0.617. The van der Waals surface area contributed by atoms with Crippen LogP contribution in [-0.4, -0.2) is 29.5 Å². The lowest BCUT2D eigenvalue weighted by Gasteiger charge is -2.00. The lowest BCUT2D eigenvalue weighted by molar-refractivity contribution is 0.0595. The monoisotopic (exact) mass is 233 g/mol. The van der Waals surface area contributed by atoms with E-state index >= 15 is 0 Å². The minimum absolute atomic E-state index is 0.226. The van der Waals surface area contributed by atoms with Gasteiger partial charge in [0.1, 0.15) is 12.0 Å². The van der Waals surface area contributed by atoms with Gasteiger partial charge in [-0.1, -0.05) is 0 Å². The number of aliphatic hydroxyl groups excluding tert-OH is 1. The molecule has 0 fully saturated rings. The van der Waals surface area contributed by atoms with E-state index in [2.05, 4.69) is 9.72 Å². The highest BCUT2D eigenvalue weighted by atomic mass is 16.5. The minimum Gasteiger partial charge on any atom is -0.464 e. The molecule has 2 rings (SSSR count). The predicted octanol–water partition coefficient (Wildman–Crippen LogP) is 1.26. The molecule has 0 spiro atoms. The number of hydrogen-bond donors (Lipinski definition) is 2. The van der Waals surface area contributed by atoms with Gasteiger partial charge in [-0.15, -0.1) is 0 Å². The number of carbonyl (C=O) groups excluding carboxylic acids is 2. The summed E-state index contributed by atoms with van der Waals surface area (Å²) in [5, 5.41) is 9.83. The third-order valence-corrected chi connectivity index (χ3v) is 2.58. The fraction of sp³-hybridized carbons (Fsp3) is 0.167. The molecule has 0 radical (unpaired) electrons. The number of aromatic amines is 1. The van der Waals surface area contributed by atoms with Crippen molar-refractivity contribution < 1.29 is 19.4 Å². The van der Waals surface area contributed by atoms with E-state index in [1.54, 1.807) is 18.2 Å². The van der Waals surface area contributed by atoms with Gasteiger partial charge < -0.3 is 14.8 Å². The van der Waals surface area contributed by atoms with Crippen molar-refractivity contribution in [2.75, 3.05) is 7.11 Å². The first kappa shape index (κ1) is 11.3. The first-order valence-corrected chi connectivity index (χ1v) is 4.99. The molecule has 0 saturated carbocycles. The highest BCUT2D eigenvalue weighted by Crippen LogP contribution is 2.20. The Morgan fingerprint density at radius 2 is 2.24 bits per heavy atom. The summed E-state index contributed by atoms with van der Waals surface area (Å²) in [6.07, 6.45) is 0.676. The molecular weight excluding hydrogens is 222 g/mol. The second kappa shape index (κ2) is 4.39. The average Bonchev–Trinajstić information content (AvgIpc) is 2.78. The van der Waals surface area contributed by atoms with Crippen molar-refractivity contribution in [3.05, 3.63) is 35.0 Å². The number of esters is 1. The summed E-state index contributed by atoms with van der Waals surface area (Å²) in [6.45, 7) is -0.226. The van der Waals surface area contributed by atoms with Gasteiger partial charge in [0.25, 0.3) is 0 Å². The van der Waals surface area contributed by atoms with E-state index in [0.717, 1.165) is 5.39 Å². The Balaban J connectivity index is 2.61. The van der Waals surface area contributed by atoms with Crippen LogP contribution in [0.5, 0.6) is 0 Å². The maximum atomic E-state index is 11.3. The molecule has 0 unspecified atom stereocenters. The molecule has 88 valence electrons. The van der Waals surface area contributed by atoms with Crippen LogP contribution in [0.25, 0.3) is 10.9 Å². The van der Waals surface area contributed by atoms with Gasteiger partial charge in [-0.05, 0) is 23.8 Å². The summed E-state index contributed by atoms with van der Waals surface area (Å²) in [5.41, 5.74) is 1.93. The first-order chi connectivity index (χ1) is 8.19. The van der Waals surface area contributed by atoms with E-state index in [1.165, 1.54) is 7.11 Å². The van der Waals surface area contributed by atoms with Gasteiger partial charge in [-0.2, -0.15) is 0 Å². The third kappa shape index (κ3) is 1.92. The van der Waals surface area contributed by atoms with Gasteiger partial charge in [0, 0.05) is 16.5 Å². The van der Waals surface area contributed by atoms with Crippen LogP contribution in [0.1, 0.15) is 26.4 Å². The molecule has 0 bridgehead atoms. The Morgan fingerprint density at radius 1 is 1.47 bits per heavy atom. The van der Waals surface area contributed by atoms with Crippen LogP contribution in [-0.2, 0) is 11.3 Å². The highest BCUT2D eigenvalue weighted by molar-refractivity contribution is 5.97. The Kier molecular flexibility index (Phi) is 2.93. The molecule has 0 amide bonds. The SMILES string of the molecule is COC(=O)c1cc2cc(C=O)c(CO)cc2[nH]1. The summed E-state index contributed by atoms with van der Waals surface area (Å²) in [7, 11) is 1.30. The third-order valence-electron chi connectivity index (χ3n) is 2.58. The summed E-state index contributed by atoms with van der Waals surface area (Å²) in [4.78, 5) is 25.0. The van der Waals surface area contributed by atoms with E-state index in [-0.39, 0.29) is 6.61 Å². The van der Waals surface area contributed by atoms with Gasteiger partial charge in [0.15, 0.2) is 0 Å². The van der Waals surface area contributed by atoms with E-state index in [1.807, 2.05) is 0 Å². The first-order valence-electron chi connectivity index (χ1n) is 4.99. The van der Waals surface area contributed by atoms with Crippen molar-refractivity contribution in [3.63, 3.8) is 0 Å². The van der Waals surface area contributed by atoms with Gasteiger partial charge >= 0.3 is 5.97 Å². The van der Waals surface area contributed by atoms with Crippen molar-refractivity contribution in [1.29, 1.82) is 0 Å². The number of carbonyl (C=O) groups is 2. The Labute approximate surface area is 97.0 Å². The van der Waals surface area contributed by atoms with Crippen LogP contribution in [0.4, 0.5) is 0 Å². The molecule has 0 aliphatic heterocycles. The van der Waals surface area contributed by atoms with Gasteiger partial charge in [0.05, 0.1) is 13.7 Å². The number of benzene rings is 1. The maximum absolute atomic E-state index is 11.3. The molecule has 0 aliphatic rings. The van der Waals surface area contributed by atoms with E-state index in [0.29, 0.717) is 28.6 Å². The van der Waals surface area contributed by atoms with Gasteiger partial charge in [-0.25, -0.2) is 4.79 Å². The minimum atomic E-state index is -0.473. The largest absolute Gasteiger partial charge is 0.464 e. The number of aliphatic hydroxyl groups is 1. The van der Waals surface area contributed by atoms with Crippen molar-refractivity contribution in [3.8, 4) is 0 Å². The number of fused-ring (bicyclic) bond motifs is 1. The van der Waals surface area contributed by atoms with Crippen molar-refractivity contribution in [2.24, 2.45) is 0 Å². The molecule has 2 N–H and O–H groups in total. The van der Waals surface area contributed by atoms with Crippen LogP contribution < -0.4 is 0 Å². The molecule has 1 aromatic carbocycles. The van der Waals surface area contributed by atoms with Crippen LogP contribution in [0.2, 0.25) is 0 Å². The number of nitrogens with one attached hydrogen (secondary N) is 1. The summed E-state index contributed by atoms with van der Waals surface area (Å²) >= 11 is 0. The Hall–Kier alpha value is -2.14. The standard InChI is InChI=1S/C12H11NO4/c1-17-12(16)11-3-7-2-8(5-14)9(6-15)4-10(7)13-11/h2-5,13,15H,6H2,1H3. The van der Waals surface area contributed by atoms with Crippen molar-refractivity contribution in [2.45, 2.75) is 6.61 Å². The van der Waals surface area contributed by atoms with Crippen LogP contribution >= 0.6 is 0 Å². The second-order valence-corrected chi connectivity index (χ2v) is 3.59. The maximum Gasteiger partial charge on any atom is 0.354 e. The summed E-state index contributed by atoms with van der Waals surface area (Å²) in [6, 6.07) is 4.87. The summed E-state index contributed by atoms with van der Waals surface area (Å²) in [5.74, 6) is -0.473. The zero-order chi connectivity index (χ0) is 12.4. The van der Waals surface area contributed by atoms with Crippen LogP contribution in [0.15, 0.2) is 18.2 Å². The van der Waals surface area contributed by atoms with Crippen molar-refractivity contribution in [1.82, 2.24) is 4.98 Å². The molecule has 0 aliphatic carbocycles. The zero-order valence-corrected chi connectivity index (χ0v) is 9.19. The zero-order valence-electron chi connectivity index (χ0n) is 9.19. The highest BCUT2D eigenvalue weighted by Gasteiger charge is 2.11. The fourth-order valence-electron chi connectivity index (χ4n) is 1.71. The number of methoxy groups -OCH3 is 1. The van der Waals surface area contributed by atoms with E-state index in [4.69, 9.17) is 5.11 Å². The molecule has 5 heteroatoms. The Morgan fingerprint density at radius 3 is 2.82 bits per heavy atom. The number of H-pyrrole nitrogens is 1. The molecule has 0 saturated heterocycles. The van der Waals surface area contributed by atoms with Crippen molar-refractivity contribution >= 4 is 23.2 Å². The lowest BCUT2D eigenvalue weighted by Crippen LogP contribution is -2.00. The van der Waals surface area contributed by atoms with Gasteiger partial charge in [0.2, 0.25) is 0 Å². The van der Waals surface area contributed by atoms with Gasteiger partial charge in [-0.3, -0.25) is 4.79 Å². The number of aromatic nitrogens is 1. The second-order valence-electron chi connectivity index (χ2n) is 3.59. The number of aldehydes is 1. The summed E-state index contributed by atoms with van der Waals surface area (Å²) < 4.78 is 4.59. The molecule has 1 aromatic heterocycles. The predicted molar refractivity (Wildman–Crippen MR) is 60.9 cm³/mol. The molecule has 5 nitrogen and oxygen atoms in total. The normalized spacial score (nSPS) is 10.5. The smallest absolute Gasteiger partial charge is 0.354 e. The average molecular weight is 233 g/mol. The topological polar surface area (TPSA) is 79.4 Å². The lowest BCUT2D eigenvalue weighted by atomic mass is 10.1. The number of rotatable bonds is 3. The molecule has 1 heterocycles. The molecule has 0 atom stereocenters. The number of hydrogen-bond acceptors (Lipinski definition) is 4. The molecule has 2 aromatic rings. The Bertz CT molecular complexity index is 585. The molecule has 17 heavy (non-hydrogen) atoms. The fourth-order valence-corrected chi connectivity index (χ4v) is 1.71.